The molecule has 106 valence electrons. The molecule has 0 bridgehead atoms. The lowest BCUT2D eigenvalue weighted by Crippen LogP contribution is -2.56. The second-order valence-corrected chi connectivity index (χ2v) is 6.99. The number of piperazine rings is 1. The number of hydrogen-bond acceptors (Lipinski definition) is 2. The molecule has 1 heterocycles. The third kappa shape index (κ3) is 3.81. The van der Waals surface area contributed by atoms with Crippen molar-refractivity contribution in [2.24, 2.45) is 5.92 Å². The predicted octanol–water partition coefficient (Wildman–Crippen LogP) is 3.64. The van der Waals surface area contributed by atoms with Crippen molar-refractivity contribution in [2.45, 2.75) is 39.3 Å². The molecule has 1 aliphatic heterocycles. The fourth-order valence-corrected chi connectivity index (χ4v) is 3.49. The van der Waals surface area contributed by atoms with Crippen molar-refractivity contribution in [1.82, 2.24) is 5.32 Å². The first-order chi connectivity index (χ1) is 8.97. The van der Waals surface area contributed by atoms with Crippen LogP contribution in [0.4, 0.5) is 10.1 Å². The van der Waals surface area contributed by atoms with Crippen LogP contribution >= 0.6 is 22.6 Å². The lowest BCUT2D eigenvalue weighted by molar-refractivity contribution is 0.355. The zero-order valence-electron chi connectivity index (χ0n) is 11.8. The Morgan fingerprint density at radius 2 is 2.21 bits per heavy atom. The van der Waals surface area contributed by atoms with Crippen LogP contribution < -0.4 is 10.2 Å². The first-order valence-electron chi connectivity index (χ1n) is 6.92. The monoisotopic (exact) mass is 376 g/mol. The van der Waals surface area contributed by atoms with Crippen LogP contribution in [-0.2, 0) is 0 Å². The molecule has 0 aromatic heterocycles. The quantitative estimate of drug-likeness (QED) is 0.811. The zero-order chi connectivity index (χ0) is 14.0. The van der Waals surface area contributed by atoms with Gasteiger partial charge in [-0.1, -0.05) is 13.8 Å². The SMILES string of the molecule is CC(C)CC1CN(c2ccc(F)cc2I)C(C)CN1. The summed E-state index contributed by atoms with van der Waals surface area (Å²) in [7, 11) is 0. The van der Waals surface area contributed by atoms with Crippen LogP contribution in [0.15, 0.2) is 18.2 Å². The lowest BCUT2D eigenvalue weighted by atomic mass is 9.99. The van der Waals surface area contributed by atoms with Crippen LogP contribution in [0, 0.1) is 15.3 Å². The maximum absolute atomic E-state index is 13.2. The van der Waals surface area contributed by atoms with E-state index in [1.54, 1.807) is 12.1 Å². The van der Waals surface area contributed by atoms with Gasteiger partial charge in [-0.3, -0.25) is 0 Å². The molecule has 2 rings (SSSR count). The Hall–Kier alpha value is -0.360. The van der Waals surface area contributed by atoms with Crippen molar-refractivity contribution in [3.8, 4) is 0 Å². The van der Waals surface area contributed by atoms with Gasteiger partial charge in [-0.25, -0.2) is 4.39 Å². The molecule has 2 unspecified atom stereocenters. The summed E-state index contributed by atoms with van der Waals surface area (Å²) in [6, 6.07) is 6.05. The minimum atomic E-state index is -0.158. The molecule has 0 spiro atoms. The predicted molar refractivity (Wildman–Crippen MR) is 87.2 cm³/mol. The average Bonchev–Trinajstić information content (AvgIpc) is 2.31. The van der Waals surface area contributed by atoms with E-state index in [9.17, 15) is 4.39 Å². The molecule has 0 saturated carbocycles. The second kappa shape index (κ2) is 6.39. The van der Waals surface area contributed by atoms with E-state index in [1.165, 1.54) is 6.42 Å². The van der Waals surface area contributed by atoms with Crippen molar-refractivity contribution in [3.63, 3.8) is 0 Å². The number of nitrogens with zero attached hydrogens (tertiary/aromatic N) is 1. The molecule has 0 aliphatic carbocycles. The minimum Gasteiger partial charge on any atom is -0.365 e. The van der Waals surface area contributed by atoms with Gasteiger partial charge >= 0.3 is 0 Å². The first kappa shape index (κ1) is 15.0. The number of nitrogens with one attached hydrogen (secondary N) is 1. The van der Waals surface area contributed by atoms with Crippen LogP contribution in [-0.4, -0.2) is 25.2 Å². The molecule has 2 nitrogen and oxygen atoms in total. The minimum absolute atomic E-state index is 0.158. The fraction of sp³-hybridized carbons (Fsp3) is 0.600. The summed E-state index contributed by atoms with van der Waals surface area (Å²) in [5, 5.41) is 3.61. The van der Waals surface area contributed by atoms with E-state index < -0.39 is 0 Å². The molecule has 1 fully saturated rings. The normalized spacial score (nSPS) is 24.0. The van der Waals surface area contributed by atoms with Crippen molar-refractivity contribution >= 4 is 28.3 Å². The number of anilines is 1. The van der Waals surface area contributed by atoms with Gasteiger partial charge in [0.25, 0.3) is 0 Å². The summed E-state index contributed by atoms with van der Waals surface area (Å²) in [4.78, 5) is 2.41. The summed E-state index contributed by atoms with van der Waals surface area (Å²) >= 11 is 2.23. The van der Waals surface area contributed by atoms with Gasteiger partial charge in [-0.15, -0.1) is 0 Å². The zero-order valence-corrected chi connectivity index (χ0v) is 13.9. The standard InChI is InChI=1S/C15H22FIN2/c1-10(2)6-13-9-19(11(3)8-18-13)15-5-4-12(16)7-14(15)17/h4-5,7,10-11,13,18H,6,8-9H2,1-3H3. The highest BCUT2D eigenvalue weighted by Crippen LogP contribution is 2.27. The summed E-state index contributed by atoms with van der Waals surface area (Å²) in [6.45, 7) is 8.72. The van der Waals surface area contributed by atoms with Crippen LogP contribution in [0.5, 0.6) is 0 Å². The summed E-state index contributed by atoms with van der Waals surface area (Å²) < 4.78 is 14.2. The van der Waals surface area contributed by atoms with E-state index in [-0.39, 0.29) is 5.82 Å². The molecule has 2 atom stereocenters. The van der Waals surface area contributed by atoms with Crippen molar-refractivity contribution in [3.05, 3.63) is 27.6 Å². The fourth-order valence-electron chi connectivity index (χ4n) is 2.71. The second-order valence-electron chi connectivity index (χ2n) is 5.83. The summed E-state index contributed by atoms with van der Waals surface area (Å²) in [5.74, 6) is 0.537. The molecular weight excluding hydrogens is 354 g/mol. The van der Waals surface area contributed by atoms with E-state index in [1.807, 2.05) is 6.07 Å². The summed E-state index contributed by atoms with van der Waals surface area (Å²) in [6.07, 6.45) is 1.18. The third-order valence-corrected chi connectivity index (χ3v) is 4.49. The topological polar surface area (TPSA) is 15.3 Å². The number of benzene rings is 1. The van der Waals surface area contributed by atoms with Crippen LogP contribution in [0.3, 0.4) is 0 Å². The Balaban J connectivity index is 2.16. The van der Waals surface area contributed by atoms with Crippen molar-refractivity contribution in [1.29, 1.82) is 0 Å². The molecule has 1 N–H and O–H groups in total. The van der Waals surface area contributed by atoms with Crippen molar-refractivity contribution in [2.75, 3.05) is 18.0 Å². The Morgan fingerprint density at radius 3 is 2.84 bits per heavy atom. The Morgan fingerprint density at radius 1 is 1.47 bits per heavy atom. The van der Waals surface area contributed by atoms with Gasteiger partial charge in [0.1, 0.15) is 5.82 Å². The maximum atomic E-state index is 13.2. The number of hydrogen-bond donors (Lipinski definition) is 1. The van der Waals surface area contributed by atoms with Crippen LogP contribution in [0.25, 0.3) is 0 Å². The Kier molecular flexibility index (Phi) is 5.06. The first-order valence-corrected chi connectivity index (χ1v) is 8.00. The lowest BCUT2D eigenvalue weighted by Gasteiger charge is -2.41. The maximum Gasteiger partial charge on any atom is 0.124 e. The van der Waals surface area contributed by atoms with Gasteiger partial charge in [-0.05, 0) is 60.1 Å². The highest BCUT2D eigenvalue weighted by Gasteiger charge is 2.26. The molecule has 0 radical (unpaired) electrons. The van der Waals surface area contributed by atoms with Gasteiger partial charge in [0.2, 0.25) is 0 Å². The highest BCUT2D eigenvalue weighted by atomic mass is 127. The third-order valence-electron chi connectivity index (χ3n) is 3.63. The van der Waals surface area contributed by atoms with E-state index in [4.69, 9.17) is 0 Å². The highest BCUT2D eigenvalue weighted by molar-refractivity contribution is 14.1. The Labute approximate surface area is 128 Å². The molecule has 1 aromatic carbocycles. The number of rotatable bonds is 3. The van der Waals surface area contributed by atoms with E-state index in [0.717, 1.165) is 22.3 Å². The van der Waals surface area contributed by atoms with Crippen LogP contribution in [0.1, 0.15) is 27.2 Å². The van der Waals surface area contributed by atoms with Gasteiger partial charge in [0.15, 0.2) is 0 Å². The number of halogens is 2. The van der Waals surface area contributed by atoms with E-state index in [0.29, 0.717) is 18.0 Å². The summed E-state index contributed by atoms with van der Waals surface area (Å²) in [5.41, 5.74) is 1.16. The smallest absolute Gasteiger partial charge is 0.124 e. The van der Waals surface area contributed by atoms with Crippen molar-refractivity contribution < 1.29 is 4.39 Å². The molecule has 1 aliphatic rings. The molecule has 0 amide bonds. The molecule has 19 heavy (non-hydrogen) atoms. The van der Waals surface area contributed by atoms with Gasteiger partial charge in [0.05, 0.1) is 5.69 Å². The molecule has 1 aromatic rings. The largest absolute Gasteiger partial charge is 0.365 e. The van der Waals surface area contributed by atoms with Crippen LogP contribution in [0.2, 0.25) is 0 Å². The molecular formula is C15H22FIN2. The Bertz CT molecular complexity index is 436. The molecule has 4 heteroatoms. The molecule has 1 saturated heterocycles. The van der Waals surface area contributed by atoms with Gasteiger partial charge in [-0.2, -0.15) is 0 Å². The van der Waals surface area contributed by atoms with Gasteiger partial charge in [0, 0.05) is 28.7 Å². The van der Waals surface area contributed by atoms with E-state index in [2.05, 4.69) is 53.6 Å². The van der Waals surface area contributed by atoms with E-state index >= 15 is 0 Å². The van der Waals surface area contributed by atoms with Gasteiger partial charge < -0.3 is 10.2 Å². The average molecular weight is 376 g/mol.